The number of hydrogen-bond acceptors (Lipinski definition) is 4. The Morgan fingerprint density at radius 3 is 2.85 bits per heavy atom. The summed E-state index contributed by atoms with van der Waals surface area (Å²) in [5.41, 5.74) is 5.09. The van der Waals surface area contributed by atoms with Crippen LogP contribution in [-0.2, 0) is 0 Å². The van der Waals surface area contributed by atoms with Gasteiger partial charge in [0.15, 0.2) is 5.16 Å². The summed E-state index contributed by atoms with van der Waals surface area (Å²) in [5.74, 6) is -0.934. The van der Waals surface area contributed by atoms with Crippen molar-refractivity contribution in [1.29, 1.82) is 5.41 Å². The van der Waals surface area contributed by atoms with Crippen molar-refractivity contribution in [3.05, 3.63) is 40.1 Å². The van der Waals surface area contributed by atoms with E-state index in [2.05, 4.69) is 10.2 Å². The molecule has 0 bridgehead atoms. The molecule has 8 heteroatoms. The maximum absolute atomic E-state index is 13.7. The maximum Gasteiger partial charge on any atom is 0.344 e. The van der Waals surface area contributed by atoms with E-state index in [1.807, 2.05) is 13.8 Å². The highest BCUT2D eigenvalue weighted by Gasteiger charge is 2.17. The number of rotatable bonds is 4. The zero-order chi connectivity index (χ0) is 14.9. The fraction of sp³-hybridized carbons (Fsp3) is 0.250. The highest BCUT2D eigenvalue weighted by molar-refractivity contribution is 7.99. The summed E-state index contributed by atoms with van der Waals surface area (Å²) < 4.78 is 15.2. The van der Waals surface area contributed by atoms with Crippen LogP contribution in [0.1, 0.15) is 25.5 Å². The largest absolute Gasteiger partial charge is 0.384 e. The number of aromatic nitrogens is 3. The predicted molar refractivity (Wildman–Crippen MR) is 74.8 cm³/mol. The molecule has 4 N–H and O–H groups in total. The van der Waals surface area contributed by atoms with E-state index in [4.69, 9.17) is 11.1 Å². The van der Waals surface area contributed by atoms with Gasteiger partial charge in [0.05, 0.1) is 5.56 Å². The van der Waals surface area contributed by atoms with E-state index >= 15 is 0 Å². The minimum atomic E-state index is -0.573. The molecule has 0 spiro atoms. The Labute approximate surface area is 118 Å². The van der Waals surface area contributed by atoms with E-state index < -0.39 is 5.82 Å². The first-order valence-electron chi connectivity index (χ1n) is 5.89. The quantitative estimate of drug-likeness (QED) is 0.590. The molecular weight excluding hydrogens is 281 g/mol. The van der Waals surface area contributed by atoms with Gasteiger partial charge in [0.25, 0.3) is 0 Å². The standard InChI is InChI=1S/C12H14FN5OS/c1-6(2)18-11(19)16-17-12(18)20-8-5-3-4-7(13)9(8)10(14)15/h3-6H,1-2H3,(H3,14,15)(H,16,19). The Bertz CT molecular complexity index is 706. The van der Waals surface area contributed by atoms with Crippen LogP contribution in [0.25, 0.3) is 0 Å². The van der Waals surface area contributed by atoms with Crippen LogP contribution in [0.5, 0.6) is 0 Å². The minimum absolute atomic E-state index is 0.0169. The molecule has 2 aromatic rings. The van der Waals surface area contributed by atoms with Crippen LogP contribution in [0.3, 0.4) is 0 Å². The van der Waals surface area contributed by atoms with E-state index in [0.717, 1.165) is 11.8 Å². The van der Waals surface area contributed by atoms with Gasteiger partial charge in [-0.25, -0.2) is 14.3 Å². The van der Waals surface area contributed by atoms with Crippen LogP contribution in [0.4, 0.5) is 4.39 Å². The molecule has 0 amide bonds. The second-order valence-corrected chi connectivity index (χ2v) is 5.41. The molecule has 0 saturated heterocycles. The van der Waals surface area contributed by atoms with Gasteiger partial charge >= 0.3 is 5.69 Å². The number of nitrogens with zero attached hydrogens (tertiary/aromatic N) is 2. The third kappa shape index (κ3) is 2.60. The Balaban J connectivity index is 2.49. The van der Waals surface area contributed by atoms with Crippen molar-refractivity contribution in [3.8, 4) is 0 Å². The summed E-state index contributed by atoms with van der Waals surface area (Å²) in [6.45, 7) is 3.69. The monoisotopic (exact) mass is 295 g/mol. The summed E-state index contributed by atoms with van der Waals surface area (Å²) in [7, 11) is 0. The van der Waals surface area contributed by atoms with Crippen LogP contribution in [-0.4, -0.2) is 20.6 Å². The summed E-state index contributed by atoms with van der Waals surface area (Å²) in [4.78, 5) is 12.1. The fourth-order valence-electron chi connectivity index (χ4n) is 1.77. The van der Waals surface area contributed by atoms with E-state index in [1.54, 1.807) is 6.07 Å². The number of amidine groups is 1. The molecular formula is C12H14FN5OS. The highest BCUT2D eigenvalue weighted by Crippen LogP contribution is 2.30. The molecule has 0 saturated carbocycles. The number of halogens is 1. The van der Waals surface area contributed by atoms with Crippen LogP contribution in [0.2, 0.25) is 0 Å². The first-order chi connectivity index (χ1) is 9.41. The van der Waals surface area contributed by atoms with Gasteiger partial charge in [-0.15, -0.1) is 5.10 Å². The number of nitrogen functional groups attached to an aromatic ring is 1. The Kier molecular flexibility index (Phi) is 3.93. The van der Waals surface area contributed by atoms with Gasteiger partial charge in [-0.3, -0.25) is 9.98 Å². The Morgan fingerprint density at radius 1 is 1.55 bits per heavy atom. The summed E-state index contributed by atoms with van der Waals surface area (Å²) in [6, 6.07) is 4.31. The number of nitrogens with two attached hydrogens (primary N) is 1. The molecule has 1 aromatic carbocycles. The van der Waals surface area contributed by atoms with Gasteiger partial charge in [-0.05, 0) is 37.7 Å². The topological polar surface area (TPSA) is 101 Å². The molecule has 1 heterocycles. The second kappa shape index (κ2) is 5.49. The van der Waals surface area contributed by atoms with Crippen LogP contribution >= 0.6 is 11.8 Å². The van der Waals surface area contributed by atoms with Gasteiger partial charge in [-0.1, -0.05) is 6.07 Å². The molecule has 0 aliphatic carbocycles. The molecule has 0 aliphatic heterocycles. The number of aromatic amines is 1. The van der Waals surface area contributed by atoms with Crippen molar-refractivity contribution in [2.75, 3.05) is 0 Å². The molecule has 1 aromatic heterocycles. The van der Waals surface area contributed by atoms with Crippen LogP contribution in [0.15, 0.2) is 33.0 Å². The zero-order valence-corrected chi connectivity index (χ0v) is 11.8. The number of nitrogens with one attached hydrogen (secondary N) is 2. The smallest absolute Gasteiger partial charge is 0.344 e. The SMILES string of the molecule is CC(C)n1c(Sc2cccc(F)c2C(=N)N)n[nH]c1=O. The highest BCUT2D eigenvalue weighted by atomic mass is 32.2. The fourth-order valence-corrected chi connectivity index (χ4v) is 2.90. The van der Waals surface area contributed by atoms with Gasteiger partial charge < -0.3 is 5.73 Å². The average Bonchev–Trinajstić information content (AvgIpc) is 2.70. The number of hydrogen-bond donors (Lipinski definition) is 3. The lowest BCUT2D eigenvalue weighted by atomic mass is 10.2. The molecule has 106 valence electrons. The molecule has 0 radical (unpaired) electrons. The number of benzene rings is 1. The molecule has 0 atom stereocenters. The van der Waals surface area contributed by atoms with Crippen LogP contribution in [0, 0.1) is 11.2 Å². The van der Waals surface area contributed by atoms with Crippen molar-refractivity contribution in [2.45, 2.75) is 29.9 Å². The van der Waals surface area contributed by atoms with Crippen molar-refractivity contribution >= 4 is 17.6 Å². The first kappa shape index (κ1) is 14.3. The maximum atomic E-state index is 13.7. The molecule has 6 nitrogen and oxygen atoms in total. The average molecular weight is 295 g/mol. The van der Waals surface area contributed by atoms with Gasteiger partial charge in [0, 0.05) is 10.9 Å². The molecule has 0 fully saturated rings. The summed E-state index contributed by atoms with van der Waals surface area (Å²) in [6.07, 6.45) is 0. The van der Waals surface area contributed by atoms with Gasteiger partial charge in [0.1, 0.15) is 11.7 Å². The van der Waals surface area contributed by atoms with Crippen molar-refractivity contribution in [2.24, 2.45) is 5.73 Å². The normalized spacial score (nSPS) is 11.0. The van der Waals surface area contributed by atoms with Crippen LogP contribution < -0.4 is 11.4 Å². The summed E-state index contributed by atoms with van der Waals surface area (Å²) in [5, 5.41) is 14.1. The molecule has 20 heavy (non-hydrogen) atoms. The second-order valence-electron chi connectivity index (χ2n) is 4.40. The van der Waals surface area contributed by atoms with Gasteiger partial charge in [0.2, 0.25) is 0 Å². The number of H-pyrrole nitrogens is 1. The third-order valence-corrected chi connectivity index (χ3v) is 3.67. The first-order valence-corrected chi connectivity index (χ1v) is 6.71. The molecule has 2 rings (SSSR count). The lowest BCUT2D eigenvalue weighted by molar-refractivity contribution is 0.534. The molecule has 0 aliphatic rings. The Morgan fingerprint density at radius 2 is 2.25 bits per heavy atom. The van der Waals surface area contributed by atoms with E-state index in [0.29, 0.717) is 10.1 Å². The minimum Gasteiger partial charge on any atom is -0.384 e. The van der Waals surface area contributed by atoms with E-state index in [-0.39, 0.29) is 23.1 Å². The van der Waals surface area contributed by atoms with Gasteiger partial charge in [-0.2, -0.15) is 0 Å². The van der Waals surface area contributed by atoms with Crippen molar-refractivity contribution in [1.82, 2.24) is 14.8 Å². The van der Waals surface area contributed by atoms with E-state index in [9.17, 15) is 9.18 Å². The zero-order valence-electron chi connectivity index (χ0n) is 11.0. The molecule has 0 unspecified atom stereocenters. The lowest BCUT2D eigenvalue weighted by Gasteiger charge is -2.11. The lowest BCUT2D eigenvalue weighted by Crippen LogP contribution is -2.19. The third-order valence-electron chi connectivity index (χ3n) is 2.63. The van der Waals surface area contributed by atoms with Crippen molar-refractivity contribution < 1.29 is 4.39 Å². The van der Waals surface area contributed by atoms with E-state index in [1.165, 1.54) is 16.7 Å². The summed E-state index contributed by atoms with van der Waals surface area (Å²) >= 11 is 1.09. The Hall–Kier alpha value is -2.09. The van der Waals surface area contributed by atoms with Crippen molar-refractivity contribution in [3.63, 3.8) is 0 Å². The predicted octanol–water partition coefficient (Wildman–Crippen LogP) is 1.73.